The van der Waals surface area contributed by atoms with E-state index >= 15 is 0 Å². The third-order valence-electron chi connectivity index (χ3n) is 5.88. The maximum Gasteiger partial charge on any atom is 0.262 e. The highest BCUT2D eigenvalue weighted by atomic mass is 32.1. The Kier molecular flexibility index (Phi) is 4.74. The first kappa shape index (κ1) is 19.7. The van der Waals surface area contributed by atoms with Gasteiger partial charge in [-0.25, -0.2) is 4.98 Å². The number of piperazine rings is 1. The van der Waals surface area contributed by atoms with Gasteiger partial charge in [0.05, 0.1) is 21.3 Å². The molecule has 1 aromatic heterocycles. The van der Waals surface area contributed by atoms with Gasteiger partial charge in [-0.1, -0.05) is 29.5 Å². The standard InChI is InChI=1S/C23H22N4O3S/c1-14-11-15(2)20-18(12-14)24-23(31-20)26-9-7-25(8-10-26)19(28)13-27-21(29)16-5-3-4-6-17(16)22(27)30/h3-6,11-12H,7-10,13H2,1-2H3. The summed E-state index contributed by atoms with van der Waals surface area (Å²) in [4.78, 5) is 47.6. The number of hydrogen-bond donors (Lipinski definition) is 0. The van der Waals surface area contributed by atoms with Gasteiger partial charge in [-0.2, -0.15) is 0 Å². The minimum absolute atomic E-state index is 0.204. The van der Waals surface area contributed by atoms with Crippen LogP contribution in [0.3, 0.4) is 0 Å². The zero-order chi connectivity index (χ0) is 21.7. The van der Waals surface area contributed by atoms with Crippen molar-refractivity contribution < 1.29 is 14.4 Å². The van der Waals surface area contributed by atoms with Crippen molar-refractivity contribution in [2.24, 2.45) is 0 Å². The Morgan fingerprint density at radius 3 is 2.29 bits per heavy atom. The minimum Gasteiger partial charge on any atom is -0.345 e. The molecule has 0 unspecified atom stereocenters. The largest absolute Gasteiger partial charge is 0.345 e. The molecule has 0 spiro atoms. The molecule has 158 valence electrons. The van der Waals surface area contributed by atoms with Crippen LogP contribution in [0.5, 0.6) is 0 Å². The first-order valence-corrected chi connectivity index (χ1v) is 11.1. The molecule has 2 aliphatic rings. The van der Waals surface area contributed by atoms with Crippen molar-refractivity contribution in [3.63, 3.8) is 0 Å². The van der Waals surface area contributed by atoms with Crippen LogP contribution in [0.25, 0.3) is 10.2 Å². The molecule has 0 radical (unpaired) electrons. The van der Waals surface area contributed by atoms with Crippen LogP contribution in [-0.4, -0.2) is 65.2 Å². The lowest BCUT2D eigenvalue weighted by Crippen LogP contribution is -2.51. The molecule has 0 atom stereocenters. The van der Waals surface area contributed by atoms with Crippen molar-refractivity contribution in [3.05, 3.63) is 58.7 Å². The highest BCUT2D eigenvalue weighted by Gasteiger charge is 2.37. The normalized spacial score (nSPS) is 16.4. The summed E-state index contributed by atoms with van der Waals surface area (Å²) < 4.78 is 1.20. The maximum absolute atomic E-state index is 12.8. The van der Waals surface area contributed by atoms with Crippen LogP contribution in [0.1, 0.15) is 31.8 Å². The number of benzene rings is 2. The first-order chi connectivity index (χ1) is 14.9. The van der Waals surface area contributed by atoms with E-state index in [1.807, 2.05) is 0 Å². The van der Waals surface area contributed by atoms with Crippen LogP contribution in [0.15, 0.2) is 36.4 Å². The van der Waals surface area contributed by atoms with Gasteiger partial charge in [-0.05, 0) is 43.2 Å². The number of thiazole rings is 1. The summed E-state index contributed by atoms with van der Waals surface area (Å²) in [6.07, 6.45) is 0. The quantitative estimate of drug-likeness (QED) is 0.593. The number of carbonyl (C=O) groups is 3. The molecule has 3 aromatic rings. The topological polar surface area (TPSA) is 73.8 Å². The first-order valence-electron chi connectivity index (χ1n) is 10.3. The van der Waals surface area contributed by atoms with Crippen molar-refractivity contribution in [2.75, 3.05) is 37.6 Å². The number of carbonyl (C=O) groups excluding carboxylic acids is 3. The van der Waals surface area contributed by atoms with E-state index in [1.54, 1.807) is 40.5 Å². The second-order valence-corrected chi connectivity index (χ2v) is 9.01. The molecule has 1 fully saturated rings. The Balaban J connectivity index is 1.24. The molecule has 0 aliphatic carbocycles. The van der Waals surface area contributed by atoms with E-state index in [2.05, 4.69) is 30.9 Å². The molecule has 1 saturated heterocycles. The fraction of sp³-hybridized carbons (Fsp3) is 0.304. The number of anilines is 1. The molecule has 0 bridgehead atoms. The molecular weight excluding hydrogens is 412 g/mol. The highest BCUT2D eigenvalue weighted by molar-refractivity contribution is 7.22. The molecule has 2 aliphatic heterocycles. The molecule has 8 heteroatoms. The number of aromatic nitrogens is 1. The Bertz CT molecular complexity index is 1190. The second kappa shape index (κ2) is 7.46. The van der Waals surface area contributed by atoms with Crippen molar-refractivity contribution >= 4 is 44.4 Å². The number of rotatable bonds is 3. The molecule has 3 amide bonds. The molecule has 0 saturated carbocycles. The average molecular weight is 435 g/mol. The van der Waals surface area contributed by atoms with E-state index in [1.165, 1.54) is 15.8 Å². The van der Waals surface area contributed by atoms with Crippen LogP contribution in [-0.2, 0) is 4.79 Å². The van der Waals surface area contributed by atoms with Gasteiger partial charge in [0.2, 0.25) is 5.91 Å². The minimum atomic E-state index is -0.396. The summed E-state index contributed by atoms with van der Waals surface area (Å²) >= 11 is 1.68. The van der Waals surface area contributed by atoms with Crippen molar-refractivity contribution in [2.45, 2.75) is 13.8 Å². The third kappa shape index (κ3) is 3.37. The Morgan fingerprint density at radius 2 is 1.65 bits per heavy atom. The van der Waals surface area contributed by atoms with Crippen LogP contribution < -0.4 is 4.90 Å². The van der Waals surface area contributed by atoms with Crippen molar-refractivity contribution in [1.29, 1.82) is 0 Å². The summed E-state index contributed by atoms with van der Waals surface area (Å²) in [5, 5.41) is 0.969. The number of hydrogen-bond acceptors (Lipinski definition) is 6. The summed E-state index contributed by atoms with van der Waals surface area (Å²) in [7, 11) is 0. The molecule has 3 heterocycles. The fourth-order valence-electron chi connectivity index (χ4n) is 4.27. The lowest BCUT2D eigenvalue weighted by molar-refractivity contribution is -0.131. The van der Waals surface area contributed by atoms with Crippen molar-refractivity contribution in [1.82, 2.24) is 14.8 Å². The maximum atomic E-state index is 12.8. The van der Waals surface area contributed by atoms with E-state index < -0.39 is 11.8 Å². The van der Waals surface area contributed by atoms with Crippen LogP contribution in [0.4, 0.5) is 5.13 Å². The zero-order valence-electron chi connectivity index (χ0n) is 17.4. The van der Waals surface area contributed by atoms with Gasteiger partial charge in [0.25, 0.3) is 11.8 Å². The van der Waals surface area contributed by atoms with Crippen LogP contribution >= 0.6 is 11.3 Å². The smallest absolute Gasteiger partial charge is 0.262 e. The van der Waals surface area contributed by atoms with Gasteiger partial charge in [-0.15, -0.1) is 0 Å². The molecule has 2 aromatic carbocycles. The average Bonchev–Trinajstić information content (AvgIpc) is 3.30. The Morgan fingerprint density at radius 1 is 1.00 bits per heavy atom. The SMILES string of the molecule is Cc1cc(C)c2sc(N3CCN(C(=O)CN4C(=O)c5ccccc5C4=O)CC3)nc2c1. The molecule has 7 nitrogen and oxygen atoms in total. The van der Waals surface area contributed by atoms with Gasteiger partial charge >= 0.3 is 0 Å². The van der Waals surface area contributed by atoms with Gasteiger partial charge in [-0.3, -0.25) is 19.3 Å². The molecule has 31 heavy (non-hydrogen) atoms. The Labute approximate surface area is 183 Å². The van der Waals surface area contributed by atoms with E-state index in [9.17, 15) is 14.4 Å². The third-order valence-corrected chi connectivity index (χ3v) is 7.15. The second-order valence-electron chi connectivity index (χ2n) is 8.04. The van der Waals surface area contributed by atoms with Gasteiger partial charge in [0.15, 0.2) is 5.13 Å². The Hall–Kier alpha value is -3.26. The zero-order valence-corrected chi connectivity index (χ0v) is 18.2. The predicted molar refractivity (Wildman–Crippen MR) is 120 cm³/mol. The molecule has 5 rings (SSSR count). The number of fused-ring (bicyclic) bond motifs is 2. The van der Waals surface area contributed by atoms with E-state index in [0.717, 1.165) is 15.5 Å². The van der Waals surface area contributed by atoms with E-state index in [4.69, 9.17) is 4.98 Å². The lowest BCUT2D eigenvalue weighted by Gasteiger charge is -2.35. The number of aryl methyl sites for hydroxylation is 2. The predicted octanol–water partition coefficient (Wildman–Crippen LogP) is 2.86. The number of nitrogens with zero attached hydrogens (tertiary/aromatic N) is 4. The summed E-state index contributed by atoms with van der Waals surface area (Å²) in [6, 6.07) is 11.0. The fourth-order valence-corrected chi connectivity index (χ4v) is 5.33. The van der Waals surface area contributed by atoms with Gasteiger partial charge in [0.1, 0.15) is 6.54 Å². The lowest BCUT2D eigenvalue weighted by atomic mass is 10.1. The molecule has 0 N–H and O–H groups in total. The highest BCUT2D eigenvalue weighted by Crippen LogP contribution is 2.32. The summed E-state index contributed by atoms with van der Waals surface area (Å²) in [6.45, 7) is 6.38. The van der Waals surface area contributed by atoms with Crippen LogP contribution in [0.2, 0.25) is 0 Å². The van der Waals surface area contributed by atoms with Crippen LogP contribution in [0, 0.1) is 13.8 Å². The van der Waals surface area contributed by atoms with E-state index in [-0.39, 0.29) is 12.5 Å². The van der Waals surface area contributed by atoms with Crippen molar-refractivity contribution in [3.8, 4) is 0 Å². The van der Waals surface area contributed by atoms with E-state index in [0.29, 0.717) is 37.3 Å². The molecular formula is C23H22N4O3S. The summed E-state index contributed by atoms with van der Waals surface area (Å²) in [5.41, 5.74) is 4.18. The number of imide groups is 1. The van der Waals surface area contributed by atoms with Gasteiger partial charge < -0.3 is 9.80 Å². The monoisotopic (exact) mass is 434 g/mol. The van der Waals surface area contributed by atoms with Gasteiger partial charge in [0, 0.05) is 26.2 Å². The number of amides is 3. The summed E-state index contributed by atoms with van der Waals surface area (Å²) in [5.74, 6) is -0.995.